The number of nitrogens with zero attached hydrogens (tertiary/aromatic N) is 4. The second-order valence-corrected chi connectivity index (χ2v) is 21.7. The van der Waals surface area contributed by atoms with Crippen molar-refractivity contribution >= 4 is 36.7 Å². The van der Waals surface area contributed by atoms with Crippen LogP contribution in [0.15, 0.2) is 67.0 Å². The van der Waals surface area contributed by atoms with E-state index < -0.39 is 56.3 Å². The van der Waals surface area contributed by atoms with Crippen LogP contribution in [0.4, 0.5) is 10.2 Å². The molecule has 0 spiro atoms. The molecule has 0 saturated carbocycles. The summed E-state index contributed by atoms with van der Waals surface area (Å²) < 4.78 is 63.3. The minimum atomic E-state index is -4.62. The number of ether oxygens (including phenoxy) is 3. The second-order valence-electron chi connectivity index (χ2n) is 20.0. The molecular weight excluding hydrogens is 959 g/mol. The monoisotopic (exact) mass is 1040 g/mol. The number of hydrogen-bond acceptors (Lipinski definition) is 12. The van der Waals surface area contributed by atoms with E-state index in [1.54, 1.807) is 30.3 Å². The molecule has 1 aliphatic rings. The fourth-order valence-corrected chi connectivity index (χ4v) is 11.1. The first-order valence-electron chi connectivity index (χ1n) is 28.0. The maximum Gasteiger partial charge on any atom is 0.459 e. The fraction of sp³-hybridized carbons (Fsp3) is 0.638. The molecule has 2 aromatic carbocycles. The number of unbranched alkanes of at least 4 members (excludes halogenated alkanes) is 20. The summed E-state index contributed by atoms with van der Waals surface area (Å²) in [7, 11) is -4.62. The molecule has 0 radical (unpaired) electrons. The van der Waals surface area contributed by atoms with Crippen molar-refractivity contribution in [3.05, 3.63) is 78.6 Å². The number of esters is 2. The highest BCUT2D eigenvalue weighted by Gasteiger charge is 2.53. The van der Waals surface area contributed by atoms with E-state index in [0.29, 0.717) is 6.42 Å². The fourth-order valence-electron chi connectivity index (χ4n) is 9.55. The summed E-state index contributed by atoms with van der Waals surface area (Å²) >= 11 is 0. The minimum absolute atomic E-state index is 0.0330. The van der Waals surface area contributed by atoms with Crippen molar-refractivity contribution < 1.29 is 41.8 Å². The Morgan fingerprint density at radius 1 is 0.811 bits per heavy atom. The predicted octanol–water partition coefficient (Wildman–Crippen LogP) is 14.3. The van der Waals surface area contributed by atoms with Crippen molar-refractivity contribution in [2.75, 3.05) is 12.3 Å². The number of para-hydroxylation sites is 1. The summed E-state index contributed by atoms with van der Waals surface area (Å²) in [6.45, 7) is 5.96. The first-order valence-corrected chi connectivity index (χ1v) is 29.6. The molecule has 14 nitrogen and oxygen atoms in total. The van der Waals surface area contributed by atoms with E-state index in [4.69, 9.17) is 35.4 Å². The molecule has 5 rings (SSSR count). The third kappa shape index (κ3) is 20.3. The van der Waals surface area contributed by atoms with Crippen molar-refractivity contribution in [2.45, 2.75) is 231 Å². The highest BCUT2D eigenvalue weighted by molar-refractivity contribution is 7.52. The summed E-state index contributed by atoms with van der Waals surface area (Å²) in [6.07, 6.45) is 31.6. The van der Waals surface area contributed by atoms with Crippen LogP contribution in [0.25, 0.3) is 11.2 Å². The Hall–Kier alpha value is -4.87. The molecule has 408 valence electrons. The van der Waals surface area contributed by atoms with E-state index in [2.05, 4.69) is 46.7 Å². The molecule has 1 fully saturated rings. The van der Waals surface area contributed by atoms with Crippen molar-refractivity contribution in [2.24, 2.45) is 0 Å². The number of imidazole rings is 1. The third-order valence-electron chi connectivity index (χ3n) is 13.9. The van der Waals surface area contributed by atoms with Crippen molar-refractivity contribution in [3.8, 4) is 18.1 Å². The zero-order valence-corrected chi connectivity index (χ0v) is 45.6. The highest BCUT2D eigenvalue weighted by atomic mass is 31.2. The number of carbonyl (C=O) groups is 2. The summed E-state index contributed by atoms with van der Waals surface area (Å²) in [4.78, 5) is 40.1. The highest BCUT2D eigenvalue weighted by Crippen LogP contribution is 2.49. The zero-order valence-electron chi connectivity index (χ0n) is 44.7. The van der Waals surface area contributed by atoms with Gasteiger partial charge < -0.3 is 24.5 Å². The molecule has 3 N–H and O–H groups in total. The van der Waals surface area contributed by atoms with Crippen LogP contribution >= 0.6 is 7.75 Å². The largest absolute Gasteiger partial charge is 0.461 e. The first-order chi connectivity index (χ1) is 36.0. The molecule has 5 atom stereocenters. The normalized spacial score (nSPS) is 17.8. The van der Waals surface area contributed by atoms with Crippen LogP contribution in [0.1, 0.15) is 206 Å². The lowest BCUT2D eigenvalue weighted by atomic mass is 9.98. The van der Waals surface area contributed by atoms with E-state index in [1.807, 2.05) is 30.3 Å². The summed E-state index contributed by atoms with van der Waals surface area (Å²) in [5.74, 6) is 1.59. The molecule has 0 bridgehead atoms. The van der Waals surface area contributed by atoms with Gasteiger partial charge in [-0.25, -0.2) is 9.55 Å². The molecule has 3 heterocycles. The number of benzene rings is 2. The molecule has 1 aliphatic heterocycles. The first kappa shape index (κ1) is 60.0. The van der Waals surface area contributed by atoms with Gasteiger partial charge >= 0.3 is 25.8 Å². The number of anilines is 1. The SMILES string of the molecule is C#C[C@]1(CO[P@@](=O)(NC(Cc2ccccc2)C(=O)OC(CCCCCCCCCCC)CCCCCCCCCCC)Oc2ccccc2)O[C@@H](n2cnc3c(N)nc(F)nc32)C[C@@H]1OC(=O)CCCCCCC. The van der Waals surface area contributed by atoms with Crippen LogP contribution in [0.5, 0.6) is 5.75 Å². The van der Waals surface area contributed by atoms with Crippen LogP contribution in [-0.2, 0) is 39.3 Å². The van der Waals surface area contributed by atoms with Gasteiger partial charge in [0.2, 0.25) is 0 Å². The van der Waals surface area contributed by atoms with E-state index in [9.17, 15) is 14.0 Å². The number of hydrogen-bond donors (Lipinski definition) is 2. The molecule has 1 saturated heterocycles. The average Bonchev–Trinajstić information content (AvgIpc) is 3.99. The zero-order chi connectivity index (χ0) is 52.9. The standard InChI is InChI=1S/C58H86FN6O8P/c1-5-9-12-15-17-19-21-24-30-37-47(38-31-25-22-20-18-16-13-10-6-2)70-56(67)49(42-46-35-28-26-29-36-46)64-74(68,73-48-39-32-27-33-40-48)69-44-58(8-4)50(71-52(66)41-34-23-14-11-7-3)43-51(72-58)65-45-61-53-54(60)62-57(59)63-55(53)65/h4,26-29,32-33,35-36,39-40,45,47,49-51H,5-7,9-25,30-31,34,37-38,41-44H2,1-3H3,(H,64,68)(H2,60,62,63)/t49?,50-,51+,58+,74-/m0/s1. The van der Waals surface area contributed by atoms with Gasteiger partial charge in [0.25, 0.3) is 0 Å². The van der Waals surface area contributed by atoms with Crippen LogP contribution in [0.3, 0.4) is 0 Å². The predicted molar refractivity (Wildman–Crippen MR) is 291 cm³/mol. The number of nitrogens with two attached hydrogens (primary N) is 1. The minimum Gasteiger partial charge on any atom is -0.461 e. The van der Waals surface area contributed by atoms with Crippen LogP contribution in [0, 0.1) is 18.4 Å². The summed E-state index contributed by atoms with van der Waals surface area (Å²) in [5.41, 5.74) is 5.09. The Balaban J connectivity index is 1.39. The number of aromatic nitrogens is 4. The van der Waals surface area contributed by atoms with Crippen LogP contribution in [-0.4, -0.2) is 61.9 Å². The van der Waals surface area contributed by atoms with E-state index in [-0.39, 0.29) is 48.1 Å². The Kier molecular flexibility index (Phi) is 26.9. The molecule has 0 aliphatic carbocycles. The van der Waals surface area contributed by atoms with Gasteiger partial charge in [-0.3, -0.25) is 18.7 Å². The Bertz CT molecular complexity index is 2300. The number of nitrogen functional groups attached to an aromatic ring is 1. The van der Waals surface area contributed by atoms with E-state index in [1.165, 1.54) is 87.9 Å². The van der Waals surface area contributed by atoms with E-state index in [0.717, 1.165) is 82.6 Å². The Morgan fingerprint density at radius 2 is 1.35 bits per heavy atom. The number of nitrogens with one attached hydrogen (secondary N) is 1. The number of carbonyl (C=O) groups excluding carboxylic acids is 2. The maximum absolute atomic E-state index is 15.5. The summed E-state index contributed by atoms with van der Waals surface area (Å²) in [6, 6.07) is 16.7. The van der Waals surface area contributed by atoms with Crippen molar-refractivity contribution in [1.82, 2.24) is 24.6 Å². The van der Waals surface area contributed by atoms with Gasteiger partial charge in [0.05, 0.1) is 6.33 Å². The van der Waals surface area contributed by atoms with Crippen molar-refractivity contribution in [3.63, 3.8) is 0 Å². The lowest BCUT2D eigenvalue weighted by Crippen LogP contribution is -2.46. The van der Waals surface area contributed by atoms with Gasteiger partial charge in [-0.1, -0.05) is 204 Å². The molecule has 4 aromatic rings. The van der Waals surface area contributed by atoms with Crippen LogP contribution < -0.4 is 15.3 Å². The quantitative estimate of drug-likeness (QED) is 0.0142. The third-order valence-corrected chi connectivity index (χ3v) is 15.4. The van der Waals surface area contributed by atoms with Gasteiger partial charge in [-0.15, -0.1) is 6.42 Å². The summed E-state index contributed by atoms with van der Waals surface area (Å²) in [5, 5.41) is 3.00. The average molecular weight is 1050 g/mol. The molecule has 0 amide bonds. The van der Waals surface area contributed by atoms with Crippen LogP contribution in [0.2, 0.25) is 0 Å². The maximum atomic E-state index is 15.5. The molecular formula is C58H86FN6O8P. The van der Waals surface area contributed by atoms with Gasteiger partial charge in [0.1, 0.15) is 36.8 Å². The van der Waals surface area contributed by atoms with E-state index >= 15 is 4.57 Å². The Labute approximate surface area is 441 Å². The Morgan fingerprint density at radius 3 is 1.92 bits per heavy atom. The lowest BCUT2D eigenvalue weighted by molar-refractivity contribution is -0.158. The number of rotatable bonds is 39. The molecule has 2 aromatic heterocycles. The molecule has 16 heteroatoms. The van der Waals surface area contributed by atoms with Gasteiger partial charge in [-0.05, 0) is 56.2 Å². The molecule has 1 unspecified atom stereocenters. The van der Waals surface area contributed by atoms with Gasteiger partial charge in [0, 0.05) is 12.8 Å². The number of terminal acetylenes is 1. The van der Waals surface area contributed by atoms with Crippen molar-refractivity contribution in [1.29, 1.82) is 0 Å². The number of halogens is 1. The topological polar surface area (TPSA) is 179 Å². The second kappa shape index (κ2) is 33.2. The van der Waals surface area contributed by atoms with Gasteiger partial charge in [0.15, 0.2) is 22.6 Å². The lowest BCUT2D eigenvalue weighted by Gasteiger charge is -2.31. The van der Waals surface area contributed by atoms with Gasteiger partial charge in [-0.2, -0.15) is 19.4 Å². The number of fused-ring (bicyclic) bond motifs is 1. The molecule has 74 heavy (non-hydrogen) atoms. The smallest absolute Gasteiger partial charge is 0.459 e.